The summed E-state index contributed by atoms with van der Waals surface area (Å²) in [6.45, 7) is 4.93. The van der Waals surface area contributed by atoms with Crippen LogP contribution in [0.1, 0.15) is 33.6 Å². The minimum absolute atomic E-state index is 0.119. The van der Waals surface area contributed by atoms with Gasteiger partial charge in [-0.1, -0.05) is 13.8 Å². The van der Waals surface area contributed by atoms with Crippen molar-refractivity contribution in [1.82, 2.24) is 16.0 Å². The molecule has 0 saturated carbocycles. The van der Waals surface area contributed by atoms with Gasteiger partial charge in [-0.2, -0.15) is 12.6 Å². The van der Waals surface area contributed by atoms with E-state index in [4.69, 9.17) is 16.6 Å². The van der Waals surface area contributed by atoms with Crippen LogP contribution in [0.4, 0.5) is 0 Å². The van der Waals surface area contributed by atoms with E-state index >= 15 is 0 Å². The van der Waals surface area contributed by atoms with Crippen LogP contribution in [0.2, 0.25) is 0 Å². The standard InChI is InChI=1S/C16H29N5O6S/c1-7(2)12(18)15(25)19-8(3)13(23)21-10(6-28)14(24)20-9(16(26)27)4-5-11(17)22/h7-10,12,28H,4-6,18H2,1-3H3,(H2,17,22)(H,19,25)(H,20,24)(H,21,23)(H,26,27). The number of primary amides is 1. The number of carbonyl (C=O) groups excluding carboxylic acids is 4. The molecule has 0 spiro atoms. The summed E-state index contributed by atoms with van der Waals surface area (Å²) in [5.74, 6) is -4.26. The summed E-state index contributed by atoms with van der Waals surface area (Å²) in [5, 5.41) is 16.2. The Morgan fingerprint density at radius 2 is 1.46 bits per heavy atom. The average molecular weight is 420 g/mol. The number of amides is 4. The van der Waals surface area contributed by atoms with Crippen LogP contribution in [0.25, 0.3) is 0 Å². The number of rotatable bonds is 12. The Balaban J connectivity index is 4.85. The SMILES string of the molecule is CC(NC(=O)C(N)C(C)C)C(=O)NC(CS)C(=O)NC(CCC(N)=O)C(=O)O. The zero-order valence-corrected chi connectivity index (χ0v) is 17.0. The minimum Gasteiger partial charge on any atom is -0.480 e. The van der Waals surface area contributed by atoms with Gasteiger partial charge >= 0.3 is 5.97 Å². The lowest BCUT2D eigenvalue weighted by Crippen LogP contribution is -2.57. The van der Waals surface area contributed by atoms with Crippen molar-refractivity contribution < 1.29 is 29.1 Å². The van der Waals surface area contributed by atoms with Gasteiger partial charge in [0, 0.05) is 12.2 Å². The van der Waals surface area contributed by atoms with Crippen molar-refractivity contribution in [2.45, 2.75) is 57.8 Å². The van der Waals surface area contributed by atoms with Crippen molar-refractivity contribution in [2.24, 2.45) is 17.4 Å². The number of aliphatic carboxylic acids is 1. The van der Waals surface area contributed by atoms with Crippen molar-refractivity contribution in [3.8, 4) is 0 Å². The number of thiol groups is 1. The second-order valence-corrected chi connectivity index (χ2v) is 7.01. The highest BCUT2D eigenvalue weighted by atomic mass is 32.1. The van der Waals surface area contributed by atoms with Crippen LogP contribution in [0, 0.1) is 5.92 Å². The Hall–Kier alpha value is -2.34. The maximum Gasteiger partial charge on any atom is 0.326 e. The summed E-state index contributed by atoms with van der Waals surface area (Å²) in [5.41, 5.74) is 10.7. The minimum atomic E-state index is -1.35. The van der Waals surface area contributed by atoms with E-state index in [1.165, 1.54) is 6.92 Å². The summed E-state index contributed by atoms with van der Waals surface area (Å²) in [6, 6.07) is -4.26. The molecule has 160 valence electrons. The molecular formula is C16H29N5O6S. The number of nitrogens with two attached hydrogens (primary N) is 2. The third kappa shape index (κ3) is 9.04. The lowest BCUT2D eigenvalue weighted by atomic mass is 10.0. The molecule has 0 aliphatic heterocycles. The molecule has 0 aromatic rings. The van der Waals surface area contributed by atoms with E-state index in [9.17, 15) is 24.0 Å². The quantitative estimate of drug-likeness (QED) is 0.173. The number of carboxylic acid groups (broad SMARTS) is 1. The van der Waals surface area contributed by atoms with Gasteiger partial charge in [0.2, 0.25) is 23.6 Å². The van der Waals surface area contributed by atoms with E-state index < -0.39 is 53.8 Å². The average Bonchev–Trinajstić information content (AvgIpc) is 2.60. The molecule has 12 heteroatoms. The van der Waals surface area contributed by atoms with Crippen LogP contribution in [0.5, 0.6) is 0 Å². The lowest BCUT2D eigenvalue weighted by molar-refractivity contribution is -0.142. The second kappa shape index (κ2) is 12.2. The molecule has 4 amide bonds. The van der Waals surface area contributed by atoms with E-state index in [-0.39, 0.29) is 24.5 Å². The molecule has 28 heavy (non-hydrogen) atoms. The smallest absolute Gasteiger partial charge is 0.326 e. The van der Waals surface area contributed by atoms with Gasteiger partial charge in [0.1, 0.15) is 18.1 Å². The van der Waals surface area contributed by atoms with E-state index in [0.29, 0.717) is 0 Å². The molecular weight excluding hydrogens is 390 g/mol. The zero-order chi connectivity index (χ0) is 22.0. The number of nitrogens with one attached hydrogen (secondary N) is 3. The lowest BCUT2D eigenvalue weighted by Gasteiger charge is -2.23. The van der Waals surface area contributed by atoms with Gasteiger partial charge in [0.15, 0.2) is 0 Å². The molecule has 0 heterocycles. The largest absolute Gasteiger partial charge is 0.480 e. The van der Waals surface area contributed by atoms with E-state index in [0.717, 1.165) is 0 Å². The first-order valence-electron chi connectivity index (χ1n) is 8.69. The molecule has 0 saturated heterocycles. The predicted octanol–water partition coefficient (Wildman–Crippen LogP) is -2.28. The molecule has 0 aliphatic carbocycles. The maximum atomic E-state index is 12.3. The highest BCUT2D eigenvalue weighted by Gasteiger charge is 2.28. The van der Waals surface area contributed by atoms with E-state index in [2.05, 4.69) is 28.6 Å². The highest BCUT2D eigenvalue weighted by molar-refractivity contribution is 7.80. The number of carboxylic acids is 1. The van der Waals surface area contributed by atoms with Gasteiger partial charge in [-0.15, -0.1) is 0 Å². The van der Waals surface area contributed by atoms with E-state index in [1.807, 2.05) is 0 Å². The molecule has 4 atom stereocenters. The number of hydrogen-bond acceptors (Lipinski definition) is 7. The molecule has 0 fully saturated rings. The van der Waals surface area contributed by atoms with Crippen LogP contribution >= 0.6 is 12.6 Å². The zero-order valence-electron chi connectivity index (χ0n) is 16.1. The Bertz CT molecular complexity index is 600. The van der Waals surface area contributed by atoms with Crippen molar-refractivity contribution in [3.05, 3.63) is 0 Å². The molecule has 0 aromatic carbocycles. The molecule has 0 radical (unpaired) electrons. The monoisotopic (exact) mass is 419 g/mol. The fraction of sp³-hybridized carbons (Fsp3) is 0.688. The Morgan fingerprint density at radius 1 is 0.929 bits per heavy atom. The predicted molar refractivity (Wildman–Crippen MR) is 104 cm³/mol. The highest BCUT2D eigenvalue weighted by Crippen LogP contribution is 2.01. The molecule has 0 aromatic heterocycles. The van der Waals surface area contributed by atoms with E-state index in [1.54, 1.807) is 13.8 Å². The normalized spacial score (nSPS) is 15.1. The van der Waals surface area contributed by atoms with Crippen LogP contribution < -0.4 is 27.4 Å². The number of carbonyl (C=O) groups is 5. The molecule has 11 nitrogen and oxygen atoms in total. The first-order chi connectivity index (χ1) is 12.9. The first-order valence-corrected chi connectivity index (χ1v) is 9.32. The Labute approximate surface area is 168 Å². The second-order valence-electron chi connectivity index (χ2n) is 6.65. The summed E-state index contributed by atoms with van der Waals surface area (Å²) in [7, 11) is 0. The molecule has 0 bridgehead atoms. The Kier molecular flexibility index (Phi) is 11.2. The van der Waals surface area contributed by atoms with Crippen LogP contribution in [-0.4, -0.2) is 64.6 Å². The van der Waals surface area contributed by atoms with Gasteiger partial charge in [-0.25, -0.2) is 4.79 Å². The number of hydrogen-bond donors (Lipinski definition) is 7. The van der Waals surface area contributed by atoms with Crippen LogP contribution in [0.3, 0.4) is 0 Å². The third-order valence-electron chi connectivity index (χ3n) is 3.88. The van der Waals surface area contributed by atoms with Gasteiger partial charge < -0.3 is 32.5 Å². The molecule has 4 unspecified atom stereocenters. The summed E-state index contributed by atoms with van der Waals surface area (Å²) in [6.07, 6.45) is -0.419. The first kappa shape index (κ1) is 25.7. The topological polar surface area (TPSA) is 194 Å². The summed E-state index contributed by atoms with van der Waals surface area (Å²) >= 11 is 3.98. The fourth-order valence-electron chi connectivity index (χ4n) is 1.99. The molecule has 0 rings (SSSR count). The fourth-order valence-corrected chi connectivity index (χ4v) is 2.24. The van der Waals surface area contributed by atoms with Crippen LogP contribution in [0.15, 0.2) is 0 Å². The van der Waals surface area contributed by atoms with Crippen molar-refractivity contribution >= 4 is 42.2 Å². The molecule has 0 aliphatic rings. The van der Waals surface area contributed by atoms with Crippen molar-refractivity contribution in [3.63, 3.8) is 0 Å². The summed E-state index contributed by atoms with van der Waals surface area (Å²) in [4.78, 5) is 58.4. The van der Waals surface area contributed by atoms with Crippen molar-refractivity contribution in [1.29, 1.82) is 0 Å². The molecule has 8 N–H and O–H groups in total. The van der Waals surface area contributed by atoms with Crippen LogP contribution in [-0.2, 0) is 24.0 Å². The van der Waals surface area contributed by atoms with Crippen molar-refractivity contribution in [2.75, 3.05) is 5.75 Å². The van der Waals surface area contributed by atoms with Gasteiger partial charge in [-0.05, 0) is 19.3 Å². The summed E-state index contributed by atoms with van der Waals surface area (Å²) < 4.78 is 0. The third-order valence-corrected chi connectivity index (χ3v) is 4.25. The van der Waals surface area contributed by atoms with Gasteiger partial charge in [0.05, 0.1) is 6.04 Å². The van der Waals surface area contributed by atoms with Gasteiger partial charge in [0.25, 0.3) is 0 Å². The maximum absolute atomic E-state index is 12.3. The Morgan fingerprint density at radius 3 is 1.89 bits per heavy atom. The van der Waals surface area contributed by atoms with Gasteiger partial charge in [-0.3, -0.25) is 19.2 Å².